The lowest BCUT2D eigenvalue weighted by molar-refractivity contribution is 0.0837. The highest BCUT2D eigenvalue weighted by Gasteiger charge is 2.35. The first-order chi connectivity index (χ1) is 15.8. The molecule has 1 atom stereocenters. The van der Waals surface area contributed by atoms with Crippen LogP contribution in [0.3, 0.4) is 0 Å². The van der Waals surface area contributed by atoms with Crippen molar-refractivity contribution in [2.24, 2.45) is 0 Å². The van der Waals surface area contributed by atoms with Gasteiger partial charge in [-0.25, -0.2) is 0 Å². The summed E-state index contributed by atoms with van der Waals surface area (Å²) in [5, 5.41) is 0. The topological polar surface area (TPSA) is 54.0 Å². The molecule has 5 nitrogen and oxygen atoms in total. The molecule has 0 spiro atoms. The van der Waals surface area contributed by atoms with Crippen molar-refractivity contribution in [2.45, 2.75) is 85.5 Å². The Labute approximate surface area is 204 Å². The van der Waals surface area contributed by atoms with Gasteiger partial charge in [0.15, 0.2) is 5.78 Å². The van der Waals surface area contributed by atoms with Crippen molar-refractivity contribution >= 4 is 5.78 Å². The van der Waals surface area contributed by atoms with Gasteiger partial charge in [-0.15, -0.1) is 0 Å². The molecule has 34 heavy (non-hydrogen) atoms. The first-order valence-corrected chi connectivity index (χ1v) is 11.8. The van der Waals surface area contributed by atoms with Crippen LogP contribution in [-0.4, -0.2) is 24.1 Å². The second-order valence-electron chi connectivity index (χ2n) is 11.0. The summed E-state index contributed by atoms with van der Waals surface area (Å²) in [4.78, 5) is 13.3. The van der Waals surface area contributed by atoms with E-state index in [1.54, 1.807) is 7.11 Å². The van der Waals surface area contributed by atoms with E-state index < -0.39 is 11.7 Å². The highest BCUT2D eigenvalue weighted by atomic mass is 16.5. The zero-order chi connectivity index (χ0) is 25.3. The Morgan fingerprint density at radius 3 is 2.15 bits per heavy atom. The lowest BCUT2D eigenvalue weighted by atomic mass is 9.92. The SMILES string of the molecule is COc1cc(OC(C)(C)C)c(CC=C(C)C)c2c1C(=O)CC(c1ccc(OC(C)(C)C)cc1)O2. The molecule has 1 unspecified atom stereocenters. The minimum absolute atomic E-state index is 0.00104. The van der Waals surface area contributed by atoms with Gasteiger partial charge in [0, 0.05) is 11.6 Å². The molecule has 5 heteroatoms. The summed E-state index contributed by atoms with van der Waals surface area (Å²) in [7, 11) is 1.57. The first kappa shape index (κ1) is 25.7. The highest BCUT2D eigenvalue weighted by Crippen LogP contribution is 2.47. The smallest absolute Gasteiger partial charge is 0.174 e. The Kier molecular flexibility index (Phi) is 7.35. The van der Waals surface area contributed by atoms with E-state index >= 15 is 0 Å². The van der Waals surface area contributed by atoms with Crippen molar-refractivity contribution in [1.82, 2.24) is 0 Å². The zero-order valence-electron chi connectivity index (χ0n) is 22.0. The third-order valence-corrected chi connectivity index (χ3v) is 5.24. The second kappa shape index (κ2) is 9.73. The number of fused-ring (bicyclic) bond motifs is 1. The number of benzene rings is 2. The van der Waals surface area contributed by atoms with Crippen LogP contribution in [0.4, 0.5) is 0 Å². The fraction of sp³-hybridized carbons (Fsp3) is 0.483. The van der Waals surface area contributed by atoms with Crippen molar-refractivity contribution in [3.63, 3.8) is 0 Å². The van der Waals surface area contributed by atoms with Crippen LogP contribution in [0.25, 0.3) is 0 Å². The van der Waals surface area contributed by atoms with Crippen molar-refractivity contribution in [1.29, 1.82) is 0 Å². The fourth-order valence-corrected chi connectivity index (χ4v) is 3.87. The van der Waals surface area contributed by atoms with Gasteiger partial charge in [0.05, 0.1) is 13.5 Å². The van der Waals surface area contributed by atoms with Crippen LogP contribution in [0, 0.1) is 0 Å². The second-order valence-corrected chi connectivity index (χ2v) is 11.0. The van der Waals surface area contributed by atoms with Gasteiger partial charge < -0.3 is 18.9 Å². The number of hydrogen-bond donors (Lipinski definition) is 0. The van der Waals surface area contributed by atoms with Crippen molar-refractivity contribution in [2.75, 3.05) is 7.11 Å². The van der Waals surface area contributed by atoms with Gasteiger partial charge in [0.2, 0.25) is 0 Å². The molecule has 0 fully saturated rings. The van der Waals surface area contributed by atoms with Gasteiger partial charge >= 0.3 is 0 Å². The van der Waals surface area contributed by atoms with E-state index in [1.807, 2.05) is 71.9 Å². The average Bonchev–Trinajstić information content (AvgIpc) is 2.70. The van der Waals surface area contributed by atoms with E-state index in [1.165, 1.54) is 5.57 Å². The largest absolute Gasteiger partial charge is 0.496 e. The molecule has 0 saturated heterocycles. The van der Waals surface area contributed by atoms with Crippen LogP contribution < -0.4 is 18.9 Å². The van der Waals surface area contributed by atoms with Crippen molar-refractivity contribution in [3.05, 3.63) is 58.7 Å². The molecule has 0 radical (unpaired) electrons. The zero-order valence-corrected chi connectivity index (χ0v) is 22.0. The van der Waals surface area contributed by atoms with Crippen LogP contribution in [0.2, 0.25) is 0 Å². The number of rotatable bonds is 6. The standard InChI is InChI=1S/C29H38O5/c1-18(2)10-15-21-24(34-29(6,7)8)17-25(31-9)26-22(30)16-23(32-27(21)26)19-11-13-20(14-12-19)33-28(3,4)5/h10-14,17,23H,15-16H2,1-9H3. The third kappa shape index (κ3) is 6.34. The maximum atomic E-state index is 13.3. The molecular weight excluding hydrogens is 428 g/mol. The Balaban J connectivity index is 2.07. The summed E-state index contributed by atoms with van der Waals surface area (Å²) in [6.07, 6.45) is 2.56. The van der Waals surface area contributed by atoms with Gasteiger partial charge in [-0.2, -0.15) is 0 Å². The summed E-state index contributed by atoms with van der Waals surface area (Å²) in [5.74, 6) is 2.48. The minimum Gasteiger partial charge on any atom is -0.496 e. The van der Waals surface area contributed by atoms with Crippen LogP contribution in [0.5, 0.6) is 23.0 Å². The number of Topliss-reactive ketones (excluding diaryl/α,β-unsaturated/α-hetero) is 1. The predicted molar refractivity (Wildman–Crippen MR) is 136 cm³/mol. The maximum absolute atomic E-state index is 13.3. The van der Waals surface area contributed by atoms with E-state index in [0.29, 0.717) is 29.2 Å². The normalized spacial score (nSPS) is 15.8. The minimum atomic E-state index is -0.417. The number of carbonyl (C=O) groups is 1. The molecule has 1 aliphatic heterocycles. The summed E-state index contributed by atoms with van der Waals surface area (Å²) >= 11 is 0. The van der Waals surface area contributed by atoms with E-state index in [0.717, 1.165) is 16.9 Å². The summed E-state index contributed by atoms with van der Waals surface area (Å²) in [5.41, 5.74) is 2.76. The van der Waals surface area contributed by atoms with Gasteiger partial charge in [0.1, 0.15) is 45.9 Å². The first-order valence-electron chi connectivity index (χ1n) is 11.8. The summed E-state index contributed by atoms with van der Waals surface area (Å²) < 4.78 is 24.4. The summed E-state index contributed by atoms with van der Waals surface area (Å²) in [6.45, 7) is 16.1. The van der Waals surface area contributed by atoms with Crippen molar-refractivity contribution in [3.8, 4) is 23.0 Å². The fourth-order valence-electron chi connectivity index (χ4n) is 3.87. The molecule has 2 aromatic carbocycles. The molecule has 1 heterocycles. The van der Waals surface area contributed by atoms with Crippen LogP contribution in [0.15, 0.2) is 42.0 Å². The van der Waals surface area contributed by atoms with Crippen LogP contribution >= 0.6 is 0 Å². The van der Waals surface area contributed by atoms with E-state index in [9.17, 15) is 4.79 Å². The molecule has 184 valence electrons. The lowest BCUT2D eigenvalue weighted by Crippen LogP contribution is -2.26. The molecule has 0 amide bonds. The van der Waals surface area contributed by atoms with Crippen LogP contribution in [0.1, 0.15) is 89.4 Å². The molecule has 2 aromatic rings. The molecule has 0 N–H and O–H groups in total. The monoisotopic (exact) mass is 466 g/mol. The van der Waals surface area contributed by atoms with Gasteiger partial charge in [-0.1, -0.05) is 23.8 Å². The molecule has 0 aliphatic carbocycles. The maximum Gasteiger partial charge on any atom is 0.174 e. The van der Waals surface area contributed by atoms with Gasteiger partial charge in [-0.3, -0.25) is 4.79 Å². The number of allylic oxidation sites excluding steroid dienone is 2. The number of ketones is 1. The van der Waals surface area contributed by atoms with E-state index in [2.05, 4.69) is 19.9 Å². The van der Waals surface area contributed by atoms with Gasteiger partial charge in [0.25, 0.3) is 0 Å². The third-order valence-electron chi connectivity index (χ3n) is 5.24. The van der Waals surface area contributed by atoms with Crippen molar-refractivity contribution < 1.29 is 23.7 Å². The van der Waals surface area contributed by atoms with Gasteiger partial charge in [-0.05, 0) is 79.5 Å². The lowest BCUT2D eigenvalue weighted by Gasteiger charge is -2.31. The molecule has 3 rings (SSSR count). The molecule has 1 aliphatic rings. The molecule has 0 bridgehead atoms. The predicted octanol–water partition coefficient (Wildman–Crippen LogP) is 7.27. The Morgan fingerprint density at radius 1 is 1.00 bits per heavy atom. The Bertz CT molecular complexity index is 1060. The Morgan fingerprint density at radius 2 is 1.62 bits per heavy atom. The molecule has 0 aromatic heterocycles. The quantitative estimate of drug-likeness (QED) is 0.419. The highest BCUT2D eigenvalue weighted by molar-refractivity contribution is 6.03. The summed E-state index contributed by atoms with van der Waals surface area (Å²) in [6, 6.07) is 9.60. The van der Waals surface area contributed by atoms with Crippen LogP contribution in [-0.2, 0) is 6.42 Å². The molecule has 0 saturated carbocycles. The molecular formula is C29H38O5. The Hall–Kier alpha value is -2.95. The number of hydrogen-bond acceptors (Lipinski definition) is 5. The van der Waals surface area contributed by atoms with E-state index in [4.69, 9.17) is 18.9 Å². The number of carbonyl (C=O) groups excluding carboxylic acids is 1. The van der Waals surface area contributed by atoms with E-state index in [-0.39, 0.29) is 17.8 Å². The number of ether oxygens (including phenoxy) is 4. The number of methoxy groups -OCH3 is 1. The average molecular weight is 467 g/mol.